The van der Waals surface area contributed by atoms with Crippen molar-refractivity contribution in [3.63, 3.8) is 0 Å². The molecule has 1 saturated heterocycles. The minimum absolute atomic E-state index is 0. The van der Waals surface area contributed by atoms with E-state index in [0.29, 0.717) is 6.61 Å². The minimum Gasteiger partial charge on any atom is -0.466 e. The van der Waals surface area contributed by atoms with E-state index in [0.717, 1.165) is 51.6 Å². The maximum Gasteiger partial charge on any atom is 0.308 e. The van der Waals surface area contributed by atoms with E-state index in [1.54, 1.807) is 0 Å². The van der Waals surface area contributed by atoms with E-state index in [2.05, 4.69) is 0 Å². The third kappa shape index (κ3) is 4.88. The maximum absolute atomic E-state index is 11.6. The molecule has 2 fully saturated rings. The Kier molecular flexibility index (Phi) is 7.80. The van der Waals surface area contributed by atoms with Gasteiger partial charge in [0.25, 0.3) is 0 Å². The smallest absolute Gasteiger partial charge is 0.308 e. The Balaban J connectivity index is 0.00000200. The summed E-state index contributed by atoms with van der Waals surface area (Å²) in [4.78, 5) is 13.6. The van der Waals surface area contributed by atoms with Crippen LogP contribution >= 0.6 is 12.4 Å². The molecule has 0 spiro atoms. The average Bonchev–Trinajstić information content (AvgIpc) is 2.94. The Morgan fingerprint density at radius 1 is 1.25 bits per heavy atom. The van der Waals surface area contributed by atoms with Crippen LogP contribution in [0.15, 0.2) is 0 Å². The predicted octanol–water partition coefficient (Wildman–Crippen LogP) is 1.92. The van der Waals surface area contributed by atoms with E-state index in [-0.39, 0.29) is 30.4 Å². The van der Waals surface area contributed by atoms with Gasteiger partial charge in [-0.15, -0.1) is 12.4 Å². The van der Waals surface area contributed by atoms with E-state index >= 15 is 0 Å². The summed E-state index contributed by atoms with van der Waals surface area (Å²) >= 11 is 0. The number of aliphatic hydroxyl groups excluding tert-OH is 1. The summed E-state index contributed by atoms with van der Waals surface area (Å²) in [5.41, 5.74) is 0. The lowest BCUT2D eigenvalue weighted by Crippen LogP contribution is -2.39. The number of likely N-dealkylation sites (tertiary alicyclic amines) is 1. The fourth-order valence-corrected chi connectivity index (χ4v) is 2.92. The van der Waals surface area contributed by atoms with Crippen LogP contribution in [0.3, 0.4) is 0 Å². The zero-order chi connectivity index (χ0) is 13.7. The van der Waals surface area contributed by atoms with Crippen LogP contribution in [0.5, 0.6) is 0 Å². The van der Waals surface area contributed by atoms with Crippen LogP contribution in [-0.2, 0) is 14.3 Å². The van der Waals surface area contributed by atoms with Crippen LogP contribution in [0.2, 0.25) is 0 Å². The predicted molar refractivity (Wildman–Crippen MR) is 77.5 cm³/mol. The molecule has 118 valence electrons. The molecule has 1 atom stereocenters. The highest BCUT2D eigenvalue weighted by atomic mass is 35.5. The first-order chi connectivity index (χ1) is 9.20. The van der Waals surface area contributed by atoms with Gasteiger partial charge in [0.1, 0.15) is 0 Å². The second kappa shape index (κ2) is 8.82. The van der Waals surface area contributed by atoms with Gasteiger partial charge in [-0.05, 0) is 45.4 Å². The molecule has 2 rings (SSSR count). The largest absolute Gasteiger partial charge is 0.466 e. The standard InChI is InChI=1S/C14H25NO4.ClH/c1-2-18-13(16)11-5-7-12(8-6-11)19-14(17)15-9-3-4-10-15;/h11-12,14,17H,2-10H2,1H3;1H/t11-,12-,14?;. The van der Waals surface area contributed by atoms with E-state index in [9.17, 15) is 9.90 Å². The first kappa shape index (κ1) is 17.7. The highest BCUT2D eigenvalue weighted by molar-refractivity contribution is 5.85. The zero-order valence-electron chi connectivity index (χ0n) is 12.1. The highest BCUT2D eigenvalue weighted by Gasteiger charge is 2.30. The van der Waals surface area contributed by atoms with Crippen molar-refractivity contribution in [2.45, 2.75) is 58.0 Å². The molecule has 1 heterocycles. The highest BCUT2D eigenvalue weighted by Crippen LogP contribution is 2.28. The quantitative estimate of drug-likeness (QED) is 0.621. The number of carbonyl (C=O) groups excluding carboxylic acids is 1. The monoisotopic (exact) mass is 307 g/mol. The molecule has 1 aliphatic carbocycles. The van der Waals surface area contributed by atoms with Gasteiger partial charge in [0.15, 0.2) is 0 Å². The average molecular weight is 308 g/mol. The molecule has 2 aliphatic rings. The number of nitrogens with zero attached hydrogens (tertiary/aromatic N) is 1. The van der Waals surface area contributed by atoms with Gasteiger partial charge >= 0.3 is 5.97 Å². The first-order valence-corrected chi connectivity index (χ1v) is 7.45. The molecule has 0 radical (unpaired) electrons. The molecule has 1 aliphatic heterocycles. The van der Waals surface area contributed by atoms with Crippen molar-refractivity contribution in [3.8, 4) is 0 Å². The van der Waals surface area contributed by atoms with Gasteiger partial charge in [-0.25, -0.2) is 0 Å². The van der Waals surface area contributed by atoms with Crippen molar-refractivity contribution in [2.75, 3.05) is 19.7 Å². The molecule has 20 heavy (non-hydrogen) atoms. The van der Waals surface area contributed by atoms with E-state index < -0.39 is 6.41 Å². The van der Waals surface area contributed by atoms with Gasteiger partial charge in [0.2, 0.25) is 6.41 Å². The molecule has 0 aromatic rings. The summed E-state index contributed by atoms with van der Waals surface area (Å²) < 4.78 is 10.7. The summed E-state index contributed by atoms with van der Waals surface area (Å²) in [6.45, 7) is 4.11. The van der Waals surface area contributed by atoms with Crippen molar-refractivity contribution in [1.82, 2.24) is 4.90 Å². The summed E-state index contributed by atoms with van der Waals surface area (Å²) in [5, 5.41) is 9.97. The van der Waals surface area contributed by atoms with E-state index in [4.69, 9.17) is 9.47 Å². The topological polar surface area (TPSA) is 59.0 Å². The molecular formula is C14H26ClNO4. The molecule has 6 heteroatoms. The number of aliphatic hydroxyl groups is 1. The Labute approximate surface area is 127 Å². The number of halogens is 1. The third-order valence-corrected chi connectivity index (χ3v) is 4.06. The lowest BCUT2D eigenvalue weighted by Gasteiger charge is -2.31. The van der Waals surface area contributed by atoms with Crippen molar-refractivity contribution in [3.05, 3.63) is 0 Å². The Morgan fingerprint density at radius 3 is 2.40 bits per heavy atom. The van der Waals surface area contributed by atoms with Crippen LogP contribution in [0.25, 0.3) is 0 Å². The number of hydrogen-bond acceptors (Lipinski definition) is 5. The lowest BCUT2D eigenvalue weighted by atomic mass is 9.87. The summed E-state index contributed by atoms with van der Waals surface area (Å²) in [6, 6.07) is 0. The molecular weight excluding hydrogens is 282 g/mol. The molecule has 1 unspecified atom stereocenters. The van der Waals surface area contributed by atoms with Gasteiger partial charge in [0, 0.05) is 13.1 Å². The lowest BCUT2D eigenvalue weighted by molar-refractivity contribution is -0.218. The molecule has 5 nitrogen and oxygen atoms in total. The number of rotatable bonds is 5. The normalized spacial score (nSPS) is 28.7. The molecule has 0 aromatic heterocycles. The van der Waals surface area contributed by atoms with Crippen LogP contribution < -0.4 is 0 Å². The van der Waals surface area contributed by atoms with Gasteiger partial charge in [0.05, 0.1) is 18.6 Å². The number of ether oxygens (including phenoxy) is 2. The molecule has 0 bridgehead atoms. The fourth-order valence-electron chi connectivity index (χ4n) is 2.92. The second-order valence-corrected chi connectivity index (χ2v) is 5.43. The van der Waals surface area contributed by atoms with Crippen molar-refractivity contribution < 1.29 is 19.4 Å². The Morgan fingerprint density at radius 2 is 1.85 bits per heavy atom. The van der Waals surface area contributed by atoms with Gasteiger partial charge in [-0.3, -0.25) is 9.69 Å². The van der Waals surface area contributed by atoms with Gasteiger partial charge in [-0.2, -0.15) is 0 Å². The molecule has 1 saturated carbocycles. The summed E-state index contributed by atoms with van der Waals surface area (Å²) in [6.07, 6.45) is 4.83. The van der Waals surface area contributed by atoms with Crippen molar-refractivity contribution in [2.24, 2.45) is 5.92 Å². The number of carbonyl (C=O) groups is 1. The van der Waals surface area contributed by atoms with Crippen LogP contribution in [0.4, 0.5) is 0 Å². The SMILES string of the molecule is CCOC(=O)[C@H]1CC[C@H](OC(O)N2CCCC2)CC1.Cl. The van der Waals surface area contributed by atoms with Crippen LogP contribution in [0.1, 0.15) is 45.4 Å². The zero-order valence-corrected chi connectivity index (χ0v) is 12.9. The minimum atomic E-state index is -0.772. The molecule has 0 amide bonds. The third-order valence-electron chi connectivity index (χ3n) is 4.06. The Hall–Kier alpha value is -0.360. The van der Waals surface area contributed by atoms with Gasteiger partial charge in [-0.1, -0.05) is 0 Å². The fraction of sp³-hybridized carbons (Fsp3) is 0.929. The number of esters is 1. The van der Waals surface area contributed by atoms with E-state index in [1.165, 1.54) is 0 Å². The van der Waals surface area contributed by atoms with Crippen molar-refractivity contribution in [1.29, 1.82) is 0 Å². The van der Waals surface area contributed by atoms with Gasteiger partial charge < -0.3 is 14.6 Å². The maximum atomic E-state index is 11.6. The molecule has 1 N–H and O–H groups in total. The molecule has 0 aromatic carbocycles. The van der Waals surface area contributed by atoms with Crippen LogP contribution in [0, 0.1) is 5.92 Å². The first-order valence-electron chi connectivity index (χ1n) is 7.45. The second-order valence-electron chi connectivity index (χ2n) is 5.43. The Bertz CT molecular complexity index is 289. The summed E-state index contributed by atoms with van der Waals surface area (Å²) in [5.74, 6) is -0.0650. The summed E-state index contributed by atoms with van der Waals surface area (Å²) in [7, 11) is 0. The van der Waals surface area contributed by atoms with Crippen LogP contribution in [-0.4, -0.2) is 48.2 Å². The van der Waals surface area contributed by atoms with E-state index in [1.807, 2.05) is 11.8 Å². The number of hydrogen-bond donors (Lipinski definition) is 1. The van der Waals surface area contributed by atoms with Crippen molar-refractivity contribution >= 4 is 18.4 Å².